The smallest absolute Gasteiger partial charge is 0.338 e. The zero-order valence-electron chi connectivity index (χ0n) is 22.1. The van der Waals surface area contributed by atoms with E-state index in [0.29, 0.717) is 54.1 Å². The number of allylic oxidation sites excluding steroid dienone is 1. The van der Waals surface area contributed by atoms with Crippen LogP contribution in [0.5, 0.6) is 11.5 Å². The van der Waals surface area contributed by atoms with Crippen molar-refractivity contribution < 1.29 is 28.6 Å². The van der Waals surface area contributed by atoms with Crippen LogP contribution in [0.4, 0.5) is 0 Å². The molecule has 1 aromatic carbocycles. The number of carbonyl (C=O) groups is 3. The number of carbonyl (C=O) groups excluding carboxylic acids is 3. The third-order valence-electron chi connectivity index (χ3n) is 6.65. The van der Waals surface area contributed by atoms with Crippen LogP contribution in [0.15, 0.2) is 58.2 Å². The van der Waals surface area contributed by atoms with Crippen LogP contribution >= 0.6 is 11.8 Å². The Balaban J connectivity index is 1.68. The first kappa shape index (κ1) is 27.3. The Kier molecular flexibility index (Phi) is 8.45. The Labute approximate surface area is 226 Å². The molecule has 0 saturated carbocycles. The third kappa shape index (κ3) is 5.57. The zero-order chi connectivity index (χ0) is 27.4. The second kappa shape index (κ2) is 11.8. The van der Waals surface area contributed by atoms with E-state index in [4.69, 9.17) is 14.2 Å². The van der Waals surface area contributed by atoms with Gasteiger partial charge in [0.15, 0.2) is 5.17 Å². The molecule has 0 aliphatic carbocycles. The molecule has 1 atom stereocenters. The summed E-state index contributed by atoms with van der Waals surface area (Å²) >= 11 is 1.41. The van der Waals surface area contributed by atoms with E-state index < -0.39 is 12.0 Å². The van der Waals surface area contributed by atoms with Crippen LogP contribution in [0.2, 0.25) is 0 Å². The first-order chi connectivity index (χ1) is 18.3. The molecular weight excluding hydrogens is 508 g/mol. The summed E-state index contributed by atoms with van der Waals surface area (Å²) < 4.78 is 16.4. The SMILES string of the molecule is C=CCOC(=O)C1=C(C)N=C2SC=C(CC(=O)N3CCN(C(C)=O)CC3)N2[C@H]1c1cc(OC)cc(OC)c1. The summed E-state index contributed by atoms with van der Waals surface area (Å²) in [5, 5.41) is 2.57. The minimum Gasteiger partial charge on any atom is -0.497 e. The van der Waals surface area contributed by atoms with E-state index in [-0.39, 0.29) is 24.8 Å². The maximum absolute atomic E-state index is 13.3. The quantitative estimate of drug-likeness (QED) is 0.366. The summed E-state index contributed by atoms with van der Waals surface area (Å²) in [6.07, 6.45) is 1.63. The van der Waals surface area contributed by atoms with Gasteiger partial charge in [0, 0.05) is 44.9 Å². The summed E-state index contributed by atoms with van der Waals surface area (Å²) in [4.78, 5) is 48.4. The zero-order valence-corrected chi connectivity index (χ0v) is 22.9. The second-order valence-corrected chi connectivity index (χ2v) is 9.83. The van der Waals surface area contributed by atoms with Gasteiger partial charge in [0.2, 0.25) is 11.8 Å². The van der Waals surface area contributed by atoms with E-state index >= 15 is 0 Å². The molecular formula is C27H32N4O6S. The van der Waals surface area contributed by atoms with Crippen LogP contribution in [0.1, 0.15) is 31.9 Å². The molecule has 0 spiro atoms. The number of thioether (sulfide) groups is 1. The molecule has 1 fully saturated rings. The maximum Gasteiger partial charge on any atom is 0.338 e. The summed E-state index contributed by atoms with van der Waals surface area (Å²) in [5.41, 5.74) is 2.35. The van der Waals surface area contributed by atoms with E-state index in [0.717, 1.165) is 11.3 Å². The van der Waals surface area contributed by atoms with Crippen LogP contribution in [-0.4, -0.2) is 84.7 Å². The number of esters is 1. The highest BCUT2D eigenvalue weighted by molar-refractivity contribution is 8.16. The van der Waals surface area contributed by atoms with Crippen molar-refractivity contribution in [3.05, 3.63) is 58.8 Å². The highest BCUT2D eigenvalue weighted by Crippen LogP contribution is 2.46. The largest absolute Gasteiger partial charge is 0.497 e. The van der Waals surface area contributed by atoms with Gasteiger partial charge in [-0.15, -0.1) is 0 Å². The Morgan fingerprint density at radius 1 is 1.08 bits per heavy atom. The fourth-order valence-corrected chi connectivity index (χ4v) is 5.65. The van der Waals surface area contributed by atoms with Crippen molar-refractivity contribution >= 4 is 34.7 Å². The number of piperazine rings is 1. The lowest BCUT2D eigenvalue weighted by atomic mass is 9.93. The summed E-state index contributed by atoms with van der Waals surface area (Å²) in [5.74, 6) is 0.578. The van der Waals surface area contributed by atoms with Crippen molar-refractivity contribution in [1.82, 2.24) is 14.7 Å². The van der Waals surface area contributed by atoms with Gasteiger partial charge in [0.05, 0.1) is 38.0 Å². The number of hydrogen-bond acceptors (Lipinski definition) is 9. The van der Waals surface area contributed by atoms with Crippen LogP contribution < -0.4 is 9.47 Å². The lowest BCUT2D eigenvalue weighted by molar-refractivity contribution is -0.138. The molecule has 202 valence electrons. The molecule has 0 aromatic heterocycles. The number of nitrogens with zero attached hydrogens (tertiary/aromatic N) is 4. The number of methoxy groups -OCH3 is 2. The lowest BCUT2D eigenvalue weighted by Crippen LogP contribution is -2.50. The fraction of sp³-hybridized carbons (Fsp3) is 0.407. The van der Waals surface area contributed by atoms with Crippen LogP contribution in [0.3, 0.4) is 0 Å². The predicted molar refractivity (Wildman–Crippen MR) is 145 cm³/mol. The molecule has 0 unspecified atom stereocenters. The minimum atomic E-state index is -0.618. The predicted octanol–water partition coefficient (Wildman–Crippen LogP) is 3.09. The number of rotatable bonds is 8. The topological polar surface area (TPSA) is 101 Å². The standard InChI is InChI=1S/C27H32N4O6S/c1-6-11-37-26(34)24-17(2)28-27-31(25(24)19-12-21(35-4)15-22(13-19)36-5)20(16-38-27)14-23(33)30-9-7-29(8-10-30)18(3)32/h6,12-13,15-16,25H,1,7-11,14H2,2-5H3/t25-/m0/s1. The van der Waals surface area contributed by atoms with E-state index in [2.05, 4.69) is 11.6 Å². The van der Waals surface area contributed by atoms with Crippen LogP contribution in [0.25, 0.3) is 0 Å². The van der Waals surface area contributed by atoms with Crippen molar-refractivity contribution in [2.75, 3.05) is 47.0 Å². The van der Waals surface area contributed by atoms with Crippen molar-refractivity contribution in [3.63, 3.8) is 0 Å². The van der Waals surface area contributed by atoms with Gasteiger partial charge >= 0.3 is 5.97 Å². The molecule has 4 rings (SSSR count). The Morgan fingerprint density at radius 3 is 2.29 bits per heavy atom. The maximum atomic E-state index is 13.3. The molecule has 1 aromatic rings. The van der Waals surface area contributed by atoms with Gasteiger partial charge in [-0.25, -0.2) is 9.79 Å². The van der Waals surface area contributed by atoms with E-state index in [1.54, 1.807) is 37.0 Å². The highest BCUT2D eigenvalue weighted by Gasteiger charge is 2.42. The van der Waals surface area contributed by atoms with E-state index in [1.165, 1.54) is 24.8 Å². The van der Waals surface area contributed by atoms with Gasteiger partial charge in [-0.05, 0) is 30.0 Å². The number of fused-ring (bicyclic) bond motifs is 1. The van der Waals surface area contributed by atoms with Crippen molar-refractivity contribution in [3.8, 4) is 11.5 Å². The molecule has 1 saturated heterocycles. The molecule has 10 nitrogen and oxygen atoms in total. The van der Waals surface area contributed by atoms with Gasteiger partial charge in [-0.1, -0.05) is 24.4 Å². The van der Waals surface area contributed by atoms with Gasteiger partial charge < -0.3 is 28.9 Å². The van der Waals surface area contributed by atoms with Crippen LogP contribution in [0, 0.1) is 0 Å². The first-order valence-corrected chi connectivity index (χ1v) is 13.1. The summed E-state index contributed by atoms with van der Waals surface area (Å²) in [6.45, 7) is 8.99. The molecule has 0 radical (unpaired) electrons. The van der Waals surface area contributed by atoms with Crippen molar-refractivity contribution in [2.24, 2.45) is 4.99 Å². The van der Waals surface area contributed by atoms with Gasteiger partial charge in [0.25, 0.3) is 0 Å². The van der Waals surface area contributed by atoms with Gasteiger partial charge in [0.1, 0.15) is 18.1 Å². The van der Waals surface area contributed by atoms with Gasteiger partial charge in [-0.2, -0.15) is 0 Å². The molecule has 11 heteroatoms. The molecule has 0 N–H and O–H groups in total. The first-order valence-electron chi connectivity index (χ1n) is 12.3. The fourth-order valence-electron chi connectivity index (χ4n) is 4.68. The lowest BCUT2D eigenvalue weighted by Gasteiger charge is -2.38. The van der Waals surface area contributed by atoms with E-state index in [9.17, 15) is 14.4 Å². The highest BCUT2D eigenvalue weighted by atomic mass is 32.2. The molecule has 3 heterocycles. The molecule has 3 aliphatic rings. The average molecular weight is 541 g/mol. The van der Waals surface area contributed by atoms with E-state index in [1.807, 2.05) is 22.4 Å². The molecule has 38 heavy (non-hydrogen) atoms. The molecule has 0 bridgehead atoms. The van der Waals surface area contributed by atoms with Gasteiger partial charge in [-0.3, -0.25) is 9.59 Å². The normalized spacial score (nSPS) is 18.9. The summed E-state index contributed by atoms with van der Waals surface area (Å²) in [6, 6.07) is 4.82. The number of benzene rings is 1. The van der Waals surface area contributed by atoms with Crippen molar-refractivity contribution in [2.45, 2.75) is 26.3 Å². The molecule has 2 amide bonds. The minimum absolute atomic E-state index is 0.00996. The second-order valence-electron chi connectivity index (χ2n) is 8.99. The van der Waals surface area contributed by atoms with Crippen molar-refractivity contribution in [1.29, 1.82) is 0 Å². The summed E-state index contributed by atoms with van der Waals surface area (Å²) in [7, 11) is 3.13. The van der Waals surface area contributed by atoms with Crippen LogP contribution in [-0.2, 0) is 19.1 Å². The Hall–Kier alpha value is -3.73. The Bertz CT molecular complexity index is 1210. The average Bonchev–Trinajstić information content (AvgIpc) is 3.31. The number of amides is 2. The number of hydrogen-bond donors (Lipinski definition) is 0. The third-order valence-corrected chi connectivity index (χ3v) is 7.54. The molecule has 3 aliphatic heterocycles. The number of amidine groups is 1. The number of aliphatic imine (C=N–C) groups is 1. The monoisotopic (exact) mass is 540 g/mol. The number of ether oxygens (including phenoxy) is 3. The Morgan fingerprint density at radius 2 is 1.71 bits per heavy atom.